The minimum Gasteiger partial charge on any atom is -0.493 e. The van der Waals surface area contributed by atoms with Crippen LogP contribution in [-0.2, 0) is 11.2 Å². The van der Waals surface area contributed by atoms with E-state index in [4.69, 9.17) is 4.74 Å². The Kier molecular flexibility index (Phi) is 8.64. The first kappa shape index (κ1) is 26.0. The van der Waals surface area contributed by atoms with Crippen molar-refractivity contribution in [3.63, 3.8) is 0 Å². The summed E-state index contributed by atoms with van der Waals surface area (Å²) in [4.78, 5) is 26.0. The topological polar surface area (TPSA) is 58.6 Å². The van der Waals surface area contributed by atoms with Gasteiger partial charge >= 0.3 is 0 Å². The molecule has 1 aliphatic carbocycles. The lowest BCUT2D eigenvalue weighted by Crippen LogP contribution is -2.41. The van der Waals surface area contributed by atoms with Crippen molar-refractivity contribution in [3.05, 3.63) is 53.6 Å². The second-order valence-corrected chi connectivity index (χ2v) is 11.5. The predicted octanol–water partition coefficient (Wildman–Crippen LogP) is 5.23. The SMILES string of the molecule is CCc1cnc(N2CCC(COc3ccc(C4=CCC(C(=O)N5CCSCC5)CC4)c(F)c3)CC2)nc1. The number of ether oxygens (including phenoxy) is 1. The van der Waals surface area contributed by atoms with E-state index in [1.54, 1.807) is 0 Å². The Morgan fingerprint density at radius 2 is 1.86 bits per heavy atom. The van der Waals surface area contributed by atoms with Crippen molar-refractivity contribution in [3.8, 4) is 5.75 Å². The van der Waals surface area contributed by atoms with Gasteiger partial charge in [-0.3, -0.25) is 4.79 Å². The Balaban J connectivity index is 1.10. The summed E-state index contributed by atoms with van der Waals surface area (Å²) >= 11 is 1.91. The molecule has 1 amide bonds. The molecule has 0 N–H and O–H groups in total. The Bertz CT molecular complexity index is 1100. The van der Waals surface area contributed by atoms with Crippen molar-refractivity contribution in [2.75, 3.05) is 49.2 Å². The highest BCUT2D eigenvalue weighted by molar-refractivity contribution is 7.99. The van der Waals surface area contributed by atoms with E-state index in [1.807, 2.05) is 41.2 Å². The molecule has 2 saturated heterocycles. The minimum absolute atomic E-state index is 0.0335. The fourth-order valence-corrected chi connectivity index (χ4v) is 6.30. The number of amides is 1. The molecule has 3 aliphatic rings. The highest BCUT2D eigenvalue weighted by Crippen LogP contribution is 2.34. The van der Waals surface area contributed by atoms with Crippen molar-refractivity contribution in [1.29, 1.82) is 0 Å². The highest BCUT2D eigenvalue weighted by atomic mass is 32.2. The summed E-state index contributed by atoms with van der Waals surface area (Å²) < 4.78 is 21.0. The second kappa shape index (κ2) is 12.3. The number of piperidine rings is 1. The molecule has 1 aromatic carbocycles. The van der Waals surface area contributed by atoms with Gasteiger partial charge in [-0.05, 0) is 67.7 Å². The maximum absolute atomic E-state index is 15.0. The van der Waals surface area contributed by atoms with Gasteiger partial charge in [-0.25, -0.2) is 14.4 Å². The summed E-state index contributed by atoms with van der Waals surface area (Å²) in [6, 6.07) is 5.22. The summed E-state index contributed by atoms with van der Waals surface area (Å²) in [5, 5.41) is 0. The number of nitrogens with zero attached hydrogens (tertiary/aromatic N) is 4. The summed E-state index contributed by atoms with van der Waals surface area (Å²) in [5.41, 5.74) is 2.79. The number of thioether (sulfide) groups is 1. The third-order valence-electron chi connectivity index (χ3n) is 7.85. The largest absolute Gasteiger partial charge is 0.493 e. The van der Waals surface area contributed by atoms with Gasteiger partial charge < -0.3 is 14.5 Å². The quantitative estimate of drug-likeness (QED) is 0.494. The van der Waals surface area contributed by atoms with Crippen molar-refractivity contribution < 1.29 is 13.9 Å². The monoisotopic (exact) mass is 524 g/mol. The van der Waals surface area contributed by atoms with Crippen molar-refractivity contribution in [1.82, 2.24) is 14.9 Å². The second-order valence-electron chi connectivity index (χ2n) is 10.3. The van der Waals surface area contributed by atoms with Crippen LogP contribution in [0.2, 0.25) is 0 Å². The summed E-state index contributed by atoms with van der Waals surface area (Å²) in [5.74, 6) is 3.93. The molecule has 0 bridgehead atoms. The smallest absolute Gasteiger partial charge is 0.226 e. The molecule has 1 unspecified atom stereocenters. The van der Waals surface area contributed by atoms with Gasteiger partial charge in [0.05, 0.1) is 6.61 Å². The van der Waals surface area contributed by atoms with Gasteiger partial charge in [0.2, 0.25) is 11.9 Å². The number of aromatic nitrogens is 2. The van der Waals surface area contributed by atoms with Crippen LogP contribution in [0, 0.1) is 17.7 Å². The first-order valence-electron chi connectivity index (χ1n) is 13.6. The third-order valence-corrected chi connectivity index (χ3v) is 8.79. The number of anilines is 1. The van der Waals surface area contributed by atoms with Crippen molar-refractivity contribution >= 4 is 29.2 Å². The zero-order valence-electron chi connectivity index (χ0n) is 21.7. The lowest BCUT2D eigenvalue weighted by molar-refractivity contribution is -0.135. The van der Waals surface area contributed by atoms with Crippen LogP contribution < -0.4 is 9.64 Å². The Labute approximate surface area is 223 Å². The molecule has 3 heterocycles. The molecule has 6 nitrogen and oxygen atoms in total. The maximum atomic E-state index is 15.0. The molecule has 8 heteroatoms. The number of allylic oxidation sites excluding steroid dienone is 2. The molecule has 198 valence electrons. The zero-order chi connectivity index (χ0) is 25.6. The lowest BCUT2D eigenvalue weighted by atomic mass is 9.85. The van der Waals surface area contributed by atoms with Crippen molar-refractivity contribution in [2.24, 2.45) is 11.8 Å². The molecule has 1 atom stereocenters. The van der Waals surface area contributed by atoms with E-state index in [1.165, 1.54) is 6.07 Å². The first-order valence-corrected chi connectivity index (χ1v) is 14.8. The van der Waals surface area contributed by atoms with Gasteiger partial charge in [0.25, 0.3) is 0 Å². The van der Waals surface area contributed by atoms with E-state index >= 15 is 4.39 Å². The van der Waals surface area contributed by atoms with Crippen LogP contribution in [0.3, 0.4) is 0 Å². The van der Waals surface area contributed by atoms with E-state index in [-0.39, 0.29) is 17.6 Å². The lowest BCUT2D eigenvalue weighted by Gasteiger charge is -2.32. The van der Waals surface area contributed by atoms with Crippen molar-refractivity contribution in [2.45, 2.75) is 45.4 Å². The van der Waals surface area contributed by atoms with E-state index in [0.29, 0.717) is 30.3 Å². The molecule has 2 fully saturated rings. The Morgan fingerprint density at radius 3 is 2.51 bits per heavy atom. The summed E-state index contributed by atoms with van der Waals surface area (Å²) in [6.07, 6.45) is 11.1. The average Bonchev–Trinajstić information content (AvgIpc) is 2.97. The fraction of sp³-hybridized carbons (Fsp3) is 0.552. The predicted molar refractivity (Wildman–Crippen MR) is 147 cm³/mol. The van der Waals surface area contributed by atoms with E-state index < -0.39 is 0 Å². The Morgan fingerprint density at radius 1 is 1.11 bits per heavy atom. The van der Waals surface area contributed by atoms with Crippen LogP contribution in [0.15, 0.2) is 36.7 Å². The van der Waals surface area contributed by atoms with Crippen LogP contribution >= 0.6 is 11.8 Å². The summed E-state index contributed by atoms with van der Waals surface area (Å²) in [6.45, 7) is 6.21. The van der Waals surface area contributed by atoms with Crippen LogP contribution in [0.1, 0.15) is 50.2 Å². The number of hydrogen-bond acceptors (Lipinski definition) is 6. The normalized spacial score (nSPS) is 21.0. The highest BCUT2D eigenvalue weighted by Gasteiger charge is 2.28. The number of carbonyl (C=O) groups excluding carboxylic acids is 1. The van der Waals surface area contributed by atoms with E-state index in [0.717, 1.165) is 86.9 Å². The molecule has 2 aliphatic heterocycles. The molecule has 1 aromatic heterocycles. The molecular weight excluding hydrogens is 487 g/mol. The number of benzene rings is 1. The number of halogens is 1. The molecule has 5 rings (SSSR count). The summed E-state index contributed by atoms with van der Waals surface area (Å²) in [7, 11) is 0. The third kappa shape index (κ3) is 6.46. The first-order chi connectivity index (χ1) is 18.1. The van der Waals surface area contributed by atoms with Gasteiger partial charge in [0.15, 0.2) is 0 Å². The molecule has 37 heavy (non-hydrogen) atoms. The van der Waals surface area contributed by atoms with Crippen LogP contribution in [-0.4, -0.2) is 65.1 Å². The van der Waals surface area contributed by atoms with E-state index in [2.05, 4.69) is 27.9 Å². The Hall–Kier alpha value is -2.61. The number of rotatable bonds is 7. The van der Waals surface area contributed by atoms with Gasteiger partial charge in [0.1, 0.15) is 11.6 Å². The molecule has 2 aromatic rings. The maximum Gasteiger partial charge on any atom is 0.226 e. The van der Waals surface area contributed by atoms with Gasteiger partial charge in [-0.2, -0.15) is 11.8 Å². The molecule has 0 spiro atoms. The minimum atomic E-state index is -0.246. The van der Waals surface area contributed by atoms with Gasteiger partial charge in [-0.15, -0.1) is 0 Å². The fourth-order valence-electron chi connectivity index (χ4n) is 5.40. The van der Waals surface area contributed by atoms with Crippen LogP contribution in [0.4, 0.5) is 10.3 Å². The van der Waals surface area contributed by atoms with Gasteiger partial charge in [0, 0.05) is 67.6 Å². The number of hydrogen-bond donors (Lipinski definition) is 0. The number of carbonyl (C=O) groups is 1. The van der Waals surface area contributed by atoms with Crippen LogP contribution in [0.25, 0.3) is 5.57 Å². The standard InChI is InChI=1S/C29H37FN4O2S/c1-2-21-18-31-29(32-19-21)34-11-9-22(10-12-34)20-36-25-7-8-26(27(30)17-25)23-3-5-24(6-4-23)28(35)33-13-15-37-16-14-33/h3,7-8,17-19,22,24H,2,4-6,9-16,20H2,1H3. The molecule has 0 radical (unpaired) electrons. The number of aryl methyl sites for hydroxylation is 1. The molecule has 0 saturated carbocycles. The molecular formula is C29H37FN4O2S. The van der Waals surface area contributed by atoms with Gasteiger partial charge in [-0.1, -0.05) is 13.0 Å². The average molecular weight is 525 g/mol. The van der Waals surface area contributed by atoms with Crippen LogP contribution in [0.5, 0.6) is 5.75 Å². The zero-order valence-corrected chi connectivity index (χ0v) is 22.5. The van der Waals surface area contributed by atoms with E-state index in [9.17, 15) is 4.79 Å².